The summed E-state index contributed by atoms with van der Waals surface area (Å²) in [6.45, 7) is 1.90. The van der Waals surface area contributed by atoms with Crippen molar-refractivity contribution < 1.29 is 4.74 Å². The number of hydrogen-bond donors (Lipinski definition) is 2. The largest absolute Gasteiger partial charge is 0.497 e. The van der Waals surface area contributed by atoms with Crippen LogP contribution in [0.3, 0.4) is 0 Å². The second-order valence-corrected chi connectivity index (χ2v) is 5.34. The molecule has 22 heavy (non-hydrogen) atoms. The summed E-state index contributed by atoms with van der Waals surface area (Å²) in [7, 11) is 1.63. The molecule has 0 aliphatic carbocycles. The SMILES string of the molecule is COc1ccc(NC(=S)N/N=C(/C)c2ccc(Cl)cc2)cc1. The number of ether oxygens (including phenoxy) is 1. The lowest BCUT2D eigenvalue weighted by molar-refractivity contribution is 0.415. The van der Waals surface area contributed by atoms with Crippen LogP contribution in [0, 0.1) is 0 Å². The van der Waals surface area contributed by atoms with Gasteiger partial charge >= 0.3 is 0 Å². The Morgan fingerprint density at radius 2 is 1.73 bits per heavy atom. The van der Waals surface area contributed by atoms with E-state index in [-0.39, 0.29) is 0 Å². The van der Waals surface area contributed by atoms with Crippen LogP contribution in [0.15, 0.2) is 53.6 Å². The fraction of sp³-hybridized carbons (Fsp3) is 0.125. The first-order valence-corrected chi connectivity index (χ1v) is 7.38. The Labute approximate surface area is 140 Å². The minimum absolute atomic E-state index is 0.415. The summed E-state index contributed by atoms with van der Waals surface area (Å²) >= 11 is 11.1. The first-order chi connectivity index (χ1) is 10.6. The molecule has 0 unspecified atom stereocenters. The van der Waals surface area contributed by atoms with Crippen LogP contribution in [0.25, 0.3) is 0 Å². The van der Waals surface area contributed by atoms with Gasteiger partial charge in [0.1, 0.15) is 5.75 Å². The Morgan fingerprint density at radius 3 is 2.32 bits per heavy atom. The van der Waals surface area contributed by atoms with Crippen molar-refractivity contribution in [1.82, 2.24) is 5.43 Å². The zero-order valence-electron chi connectivity index (χ0n) is 12.3. The summed E-state index contributed by atoms with van der Waals surface area (Å²) in [6.07, 6.45) is 0. The Hall–Kier alpha value is -2.11. The smallest absolute Gasteiger partial charge is 0.191 e. The Bertz CT molecular complexity index is 669. The Balaban J connectivity index is 1.93. The quantitative estimate of drug-likeness (QED) is 0.503. The van der Waals surface area contributed by atoms with E-state index in [9.17, 15) is 0 Å². The first kappa shape index (κ1) is 16.3. The van der Waals surface area contributed by atoms with Crippen LogP contribution in [0.1, 0.15) is 12.5 Å². The van der Waals surface area contributed by atoms with Gasteiger partial charge in [0.25, 0.3) is 0 Å². The van der Waals surface area contributed by atoms with Gasteiger partial charge in [0.05, 0.1) is 12.8 Å². The predicted octanol–water partition coefficient (Wildman–Crippen LogP) is 4.06. The van der Waals surface area contributed by atoms with Crippen molar-refractivity contribution in [3.8, 4) is 5.75 Å². The van der Waals surface area contributed by atoms with Crippen molar-refractivity contribution in [3.63, 3.8) is 0 Å². The number of anilines is 1. The van der Waals surface area contributed by atoms with E-state index in [0.717, 1.165) is 22.7 Å². The lowest BCUT2D eigenvalue weighted by atomic mass is 10.1. The number of nitrogens with zero attached hydrogens (tertiary/aromatic N) is 1. The molecule has 2 aromatic rings. The second-order valence-electron chi connectivity index (χ2n) is 4.50. The zero-order chi connectivity index (χ0) is 15.9. The molecule has 0 spiro atoms. The maximum atomic E-state index is 5.86. The zero-order valence-corrected chi connectivity index (χ0v) is 13.8. The van der Waals surface area contributed by atoms with E-state index in [2.05, 4.69) is 15.8 Å². The molecule has 0 heterocycles. The molecule has 0 amide bonds. The fourth-order valence-electron chi connectivity index (χ4n) is 1.72. The van der Waals surface area contributed by atoms with Gasteiger partial charge in [-0.05, 0) is 61.1 Å². The summed E-state index contributed by atoms with van der Waals surface area (Å²) in [5, 5.41) is 8.41. The molecule has 6 heteroatoms. The molecular formula is C16H16ClN3OS. The van der Waals surface area contributed by atoms with Crippen LogP contribution >= 0.6 is 23.8 Å². The molecule has 0 radical (unpaired) electrons. The highest BCUT2D eigenvalue weighted by atomic mass is 35.5. The molecule has 0 bridgehead atoms. The van der Waals surface area contributed by atoms with E-state index in [4.69, 9.17) is 28.6 Å². The molecule has 0 aromatic heterocycles. The fourth-order valence-corrected chi connectivity index (χ4v) is 2.01. The van der Waals surface area contributed by atoms with Gasteiger partial charge in [-0.1, -0.05) is 23.7 Å². The minimum atomic E-state index is 0.415. The van der Waals surface area contributed by atoms with Crippen LogP contribution in [0.4, 0.5) is 5.69 Å². The van der Waals surface area contributed by atoms with Crippen LogP contribution in [-0.2, 0) is 0 Å². The maximum Gasteiger partial charge on any atom is 0.191 e. The highest BCUT2D eigenvalue weighted by Crippen LogP contribution is 2.14. The van der Waals surface area contributed by atoms with Crippen molar-refractivity contribution >= 4 is 40.3 Å². The minimum Gasteiger partial charge on any atom is -0.497 e. The molecule has 0 aliphatic heterocycles. The Morgan fingerprint density at radius 1 is 1.09 bits per heavy atom. The summed E-state index contributed by atoms with van der Waals surface area (Å²) in [5.74, 6) is 0.793. The van der Waals surface area contributed by atoms with Crippen LogP contribution < -0.4 is 15.5 Å². The summed E-state index contributed by atoms with van der Waals surface area (Å²) in [6, 6.07) is 14.9. The molecule has 0 fully saturated rings. The number of nitrogens with one attached hydrogen (secondary N) is 2. The number of halogens is 1. The van der Waals surface area contributed by atoms with Crippen molar-refractivity contribution in [2.24, 2.45) is 5.10 Å². The van der Waals surface area contributed by atoms with E-state index in [1.807, 2.05) is 55.5 Å². The first-order valence-electron chi connectivity index (χ1n) is 6.60. The number of benzene rings is 2. The number of rotatable bonds is 4. The second kappa shape index (κ2) is 7.77. The lowest BCUT2D eigenvalue weighted by Crippen LogP contribution is -2.24. The third-order valence-electron chi connectivity index (χ3n) is 2.94. The van der Waals surface area contributed by atoms with E-state index < -0.39 is 0 Å². The van der Waals surface area contributed by atoms with Gasteiger partial charge in [0.2, 0.25) is 0 Å². The van der Waals surface area contributed by atoms with E-state index >= 15 is 0 Å². The van der Waals surface area contributed by atoms with Crippen LogP contribution in [0.2, 0.25) is 5.02 Å². The van der Waals surface area contributed by atoms with Gasteiger partial charge < -0.3 is 10.1 Å². The van der Waals surface area contributed by atoms with Crippen molar-refractivity contribution in [2.75, 3.05) is 12.4 Å². The summed E-state index contributed by atoms with van der Waals surface area (Å²) in [5.41, 5.74) is 5.47. The van der Waals surface area contributed by atoms with Crippen LogP contribution in [0.5, 0.6) is 5.75 Å². The highest BCUT2D eigenvalue weighted by Gasteiger charge is 2.00. The van der Waals surface area contributed by atoms with E-state index in [0.29, 0.717) is 10.1 Å². The van der Waals surface area contributed by atoms with Gasteiger partial charge in [0, 0.05) is 10.7 Å². The molecule has 0 atom stereocenters. The topological polar surface area (TPSA) is 45.6 Å². The van der Waals surface area contributed by atoms with E-state index in [1.165, 1.54) is 0 Å². The van der Waals surface area contributed by atoms with Gasteiger partial charge in [-0.25, -0.2) is 0 Å². The molecule has 0 aliphatic rings. The number of hydrazone groups is 1. The number of hydrogen-bond acceptors (Lipinski definition) is 3. The number of methoxy groups -OCH3 is 1. The van der Waals surface area contributed by atoms with Gasteiger partial charge in [-0.3, -0.25) is 5.43 Å². The number of thiocarbonyl (C=S) groups is 1. The highest BCUT2D eigenvalue weighted by molar-refractivity contribution is 7.80. The average molecular weight is 334 g/mol. The predicted molar refractivity (Wildman–Crippen MR) is 96.0 cm³/mol. The van der Waals surface area contributed by atoms with Crippen LogP contribution in [-0.4, -0.2) is 17.9 Å². The lowest BCUT2D eigenvalue weighted by Gasteiger charge is -2.09. The van der Waals surface area contributed by atoms with E-state index in [1.54, 1.807) is 7.11 Å². The molecule has 0 saturated carbocycles. The molecular weight excluding hydrogens is 318 g/mol. The molecule has 4 nitrogen and oxygen atoms in total. The Kier molecular flexibility index (Phi) is 5.75. The van der Waals surface area contributed by atoms with Crippen molar-refractivity contribution in [2.45, 2.75) is 6.92 Å². The van der Waals surface area contributed by atoms with Gasteiger partial charge in [-0.2, -0.15) is 5.10 Å². The third-order valence-corrected chi connectivity index (χ3v) is 3.38. The molecule has 0 saturated heterocycles. The maximum absolute atomic E-state index is 5.86. The van der Waals surface area contributed by atoms with Crippen molar-refractivity contribution in [3.05, 3.63) is 59.1 Å². The molecule has 2 aromatic carbocycles. The van der Waals surface area contributed by atoms with Gasteiger partial charge in [-0.15, -0.1) is 0 Å². The normalized spacial score (nSPS) is 11.0. The standard InChI is InChI=1S/C16H16ClN3OS/c1-11(12-3-5-13(17)6-4-12)19-20-16(22)18-14-7-9-15(21-2)10-8-14/h3-10H,1-2H3,(H2,18,20,22)/b19-11-. The molecule has 114 valence electrons. The third kappa shape index (κ3) is 4.72. The molecule has 2 N–H and O–H groups in total. The summed E-state index contributed by atoms with van der Waals surface area (Å²) < 4.78 is 5.10. The average Bonchev–Trinajstić information content (AvgIpc) is 2.54. The monoisotopic (exact) mass is 333 g/mol. The summed E-state index contributed by atoms with van der Waals surface area (Å²) in [4.78, 5) is 0. The van der Waals surface area contributed by atoms with Crippen molar-refractivity contribution in [1.29, 1.82) is 0 Å². The van der Waals surface area contributed by atoms with Gasteiger partial charge in [0.15, 0.2) is 5.11 Å². The molecule has 2 rings (SSSR count).